The smallest absolute Gasteiger partial charge is 0.317 e. The van der Waals surface area contributed by atoms with Crippen molar-refractivity contribution in [2.24, 2.45) is 0 Å². The minimum atomic E-state index is -0.889. The zero-order valence-corrected chi connectivity index (χ0v) is 16.8. The highest BCUT2D eigenvalue weighted by Crippen LogP contribution is 2.29. The normalized spacial score (nSPS) is 16.9. The topological polar surface area (TPSA) is 88.5 Å². The molecule has 156 valence electrons. The highest BCUT2D eigenvalue weighted by Gasteiger charge is 2.26. The van der Waals surface area contributed by atoms with Gasteiger partial charge in [0, 0.05) is 25.2 Å². The van der Waals surface area contributed by atoms with Crippen molar-refractivity contribution in [2.45, 2.75) is 25.9 Å². The number of ether oxygens (including phenoxy) is 3. The fraction of sp³-hybridized carbons (Fsp3) is 0.600. The number of benzene rings is 1. The zero-order valence-electron chi connectivity index (χ0n) is 16.8. The van der Waals surface area contributed by atoms with E-state index in [1.54, 1.807) is 42.2 Å². The van der Waals surface area contributed by atoms with Crippen molar-refractivity contribution in [3.8, 4) is 11.5 Å². The van der Waals surface area contributed by atoms with Crippen molar-refractivity contribution < 1.29 is 28.9 Å². The monoisotopic (exact) mass is 394 g/mol. The number of unbranched alkanes of at least 4 members (excludes halogenated alkanes) is 1. The molecule has 0 bridgehead atoms. The lowest BCUT2D eigenvalue weighted by atomic mass is 10.1. The second kappa shape index (κ2) is 10.9. The molecule has 8 heteroatoms. The fourth-order valence-corrected chi connectivity index (χ4v) is 3.09. The van der Waals surface area contributed by atoms with E-state index in [2.05, 4.69) is 6.92 Å². The molecule has 0 spiro atoms. The molecule has 0 saturated carbocycles. The van der Waals surface area contributed by atoms with Crippen molar-refractivity contribution in [3.63, 3.8) is 0 Å². The molecule has 28 heavy (non-hydrogen) atoms. The first-order chi connectivity index (χ1) is 13.4. The summed E-state index contributed by atoms with van der Waals surface area (Å²) in [6.45, 7) is 4.42. The maximum Gasteiger partial charge on any atom is 0.317 e. The van der Waals surface area contributed by atoms with Crippen LogP contribution >= 0.6 is 0 Å². The largest absolute Gasteiger partial charge is 0.493 e. The summed E-state index contributed by atoms with van der Waals surface area (Å²) in [6.07, 6.45) is 1.77. The number of rotatable bonds is 10. The molecule has 8 nitrogen and oxygen atoms in total. The van der Waals surface area contributed by atoms with Crippen LogP contribution in [-0.2, 0) is 9.53 Å². The summed E-state index contributed by atoms with van der Waals surface area (Å²) in [4.78, 5) is 27.1. The molecule has 0 aliphatic carbocycles. The van der Waals surface area contributed by atoms with Crippen LogP contribution in [-0.4, -0.2) is 86.4 Å². The van der Waals surface area contributed by atoms with Crippen LogP contribution in [0.1, 0.15) is 30.1 Å². The van der Waals surface area contributed by atoms with E-state index >= 15 is 0 Å². The lowest BCUT2D eigenvalue weighted by Crippen LogP contribution is -2.49. The average Bonchev–Trinajstić information content (AvgIpc) is 2.67. The van der Waals surface area contributed by atoms with E-state index in [-0.39, 0.29) is 18.6 Å². The van der Waals surface area contributed by atoms with E-state index in [1.807, 2.05) is 0 Å². The summed E-state index contributed by atoms with van der Waals surface area (Å²) < 4.78 is 16.8. The van der Waals surface area contributed by atoms with Gasteiger partial charge in [-0.25, -0.2) is 0 Å². The molecular weight excluding hydrogens is 364 g/mol. The number of nitrogens with zero attached hydrogens (tertiary/aromatic N) is 2. The Morgan fingerprint density at radius 2 is 2.14 bits per heavy atom. The predicted octanol–water partition coefficient (Wildman–Crippen LogP) is 1.73. The Hall–Kier alpha value is -2.32. The number of aliphatic carboxylic acids is 1. The SMILES string of the molecule is CCCCOc1ccc(C(=O)N2CCOC(CN(C)CC(=O)O)C2)cc1OC. The highest BCUT2D eigenvalue weighted by atomic mass is 16.5. The maximum atomic E-state index is 12.9. The Kier molecular flexibility index (Phi) is 8.53. The number of hydrogen-bond donors (Lipinski definition) is 1. The number of methoxy groups -OCH3 is 1. The van der Waals surface area contributed by atoms with Crippen molar-refractivity contribution in [3.05, 3.63) is 23.8 Å². The number of likely N-dealkylation sites (N-methyl/N-ethyl adjacent to an activating group) is 1. The molecule has 0 aromatic heterocycles. The summed E-state index contributed by atoms with van der Waals surface area (Å²) >= 11 is 0. The van der Waals surface area contributed by atoms with Gasteiger partial charge in [0.2, 0.25) is 0 Å². The Labute approximate surface area is 166 Å². The summed E-state index contributed by atoms with van der Waals surface area (Å²) in [5.41, 5.74) is 0.527. The number of hydrogen-bond acceptors (Lipinski definition) is 6. The third-order valence-corrected chi connectivity index (χ3v) is 4.51. The number of carbonyl (C=O) groups excluding carboxylic acids is 1. The van der Waals surface area contributed by atoms with Crippen molar-refractivity contribution in [1.29, 1.82) is 0 Å². The molecule has 1 heterocycles. The number of carbonyl (C=O) groups is 2. The Morgan fingerprint density at radius 3 is 2.82 bits per heavy atom. The first-order valence-corrected chi connectivity index (χ1v) is 9.56. The molecule has 1 unspecified atom stereocenters. The maximum absolute atomic E-state index is 12.9. The quantitative estimate of drug-likeness (QED) is 0.605. The van der Waals surface area contributed by atoms with Gasteiger partial charge in [-0.1, -0.05) is 13.3 Å². The number of amides is 1. The van der Waals surface area contributed by atoms with Crippen LogP contribution < -0.4 is 9.47 Å². The standard InChI is InChI=1S/C20H30N2O6/c1-4-5-9-28-17-7-6-15(11-18(17)26-3)20(25)22-8-10-27-16(13-22)12-21(2)14-19(23)24/h6-7,11,16H,4-5,8-10,12-14H2,1-3H3,(H,23,24). The van der Waals surface area contributed by atoms with Gasteiger partial charge in [-0.2, -0.15) is 0 Å². The zero-order chi connectivity index (χ0) is 20.5. The van der Waals surface area contributed by atoms with Crippen LogP contribution in [0, 0.1) is 0 Å². The molecule has 0 radical (unpaired) electrons. The second-order valence-electron chi connectivity index (χ2n) is 6.90. The van der Waals surface area contributed by atoms with E-state index in [0.717, 1.165) is 12.8 Å². The van der Waals surface area contributed by atoms with Gasteiger partial charge in [0.25, 0.3) is 5.91 Å². The van der Waals surface area contributed by atoms with E-state index < -0.39 is 5.97 Å². The third kappa shape index (κ3) is 6.38. The molecule has 1 amide bonds. The van der Waals surface area contributed by atoms with Gasteiger partial charge < -0.3 is 24.2 Å². The molecule has 1 aliphatic rings. The second-order valence-corrected chi connectivity index (χ2v) is 6.90. The van der Waals surface area contributed by atoms with Crippen LogP contribution in [0.3, 0.4) is 0 Å². The number of morpholine rings is 1. The fourth-order valence-electron chi connectivity index (χ4n) is 3.09. The van der Waals surface area contributed by atoms with E-state index in [9.17, 15) is 9.59 Å². The van der Waals surface area contributed by atoms with Crippen LogP contribution in [0.15, 0.2) is 18.2 Å². The minimum Gasteiger partial charge on any atom is -0.493 e. The van der Waals surface area contributed by atoms with Gasteiger partial charge in [0.15, 0.2) is 11.5 Å². The van der Waals surface area contributed by atoms with E-state index in [1.165, 1.54) is 0 Å². The number of carboxylic acid groups (broad SMARTS) is 1. The van der Waals surface area contributed by atoms with Gasteiger partial charge in [-0.3, -0.25) is 14.5 Å². The predicted molar refractivity (Wildman–Crippen MR) is 104 cm³/mol. The van der Waals surface area contributed by atoms with E-state index in [4.69, 9.17) is 19.3 Å². The number of carboxylic acids is 1. The molecule has 1 aromatic carbocycles. The average molecular weight is 394 g/mol. The van der Waals surface area contributed by atoms with Gasteiger partial charge in [0.1, 0.15) is 0 Å². The molecule has 1 fully saturated rings. The Balaban J connectivity index is 2.00. The van der Waals surface area contributed by atoms with Crippen molar-refractivity contribution >= 4 is 11.9 Å². The van der Waals surface area contributed by atoms with Crippen molar-refractivity contribution in [1.82, 2.24) is 9.80 Å². The Bertz CT molecular complexity index is 666. The summed E-state index contributed by atoms with van der Waals surface area (Å²) in [6, 6.07) is 5.21. The molecule has 1 N–H and O–H groups in total. The summed E-state index contributed by atoms with van der Waals surface area (Å²) in [5.74, 6) is 0.169. The molecular formula is C20H30N2O6. The van der Waals surface area contributed by atoms with Gasteiger partial charge >= 0.3 is 5.97 Å². The first-order valence-electron chi connectivity index (χ1n) is 9.56. The Morgan fingerprint density at radius 1 is 1.36 bits per heavy atom. The van der Waals surface area contributed by atoms with Gasteiger partial charge in [0.05, 0.1) is 33.0 Å². The summed E-state index contributed by atoms with van der Waals surface area (Å²) in [5, 5.41) is 8.87. The lowest BCUT2D eigenvalue weighted by molar-refractivity contribution is -0.138. The minimum absolute atomic E-state index is 0.0650. The molecule has 1 saturated heterocycles. The molecule has 1 aliphatic heterocycles. The molecule has 2 rings (SSSR count). The van der Waals surface area contributed by atoms with Gasteiger partial charge in [-0.05, 0) is 31.7 Å². The highest BCUT2D eigenvalue weighted by molar-refractivity contribution is 5.95. The lowest BCUT2D eigenvalue weighted by Gasteiger charge is -2.34. The first kappa shape index (κ1) is 22.0. The van der Waals surface area contributed by atoms with Crippen molar-refractivity contribution in [2.75, 3.05) is 53.6 Å². The van der Waals surface area contributed by atoms with E-state index in [0.29, 0.717) is 49.9 Å². The third-order valence-electron chi connectivity index (χ3n) is 4.51. The molecule has 1 aromatic rings. The van der Waals surface area contributed by atoms with Crippen LogP contribution in [0.4, 0.5) is 0 Å². The van der Waals surface area contributed by atoms with Crippen LogP contribution in [0.5, 0.6) is 11.5 Å². The summed E-state index contributed by atoms with van der Waals surface area (Å²) in [7, 11) is 3.28. The van der Waals surface area contributed by atoms with Crippen LogP contribution in [0.25, 0.3) is 0 Å². The van der Waals surface area contributed by atoms with Crippen LogP contribution in [0.2, 0.25) is 0 Å². The van der Waals surface area contributed by atoms with Gasteiger partial charge in [-0.15, -0.1) is 0 Å². The molecule has 1 atom stereocenters.